The number of likely N-dealkylation sites (tertiary alicyclic amines) is 1. The van der Waals surface area contributed by atoms with Crippen LogP contribution in [0, 0.1) is 6.57 Å². The number of hydrogen-bond acceptors (Lipinski definition) is 3. The van der Waals surface area contributed by atoms with Crippen LogP contribution in [0.1, 0.15) is 86.5 Å². The normalized spacial score (nSPS) is 21.8. The smallest absolute Gasteiger partial charge is 0.314 e. The molecule has 0 radical (unpaired) electrons. The highest BCUT2D eigenvalue weighted by molar-refractivity contribution is 7.40. The van der Waals surface area contributed by atoms with Crippen LogP contribution in [0.15, 0.2) is 0 Å². The SMILES string of the molecule is [C-]#[N+]CCOP(O[C@H]1C[C@@H](CC)N(CCCCCCC)C1)[N+](C)(C(C)C)C(C)C. The summed E-state index contributed by atoms with van der Waals surface area (Å²) < 4.78 is 13.7. The van der Waals surface area contributed by atoms with Gasteiger partial charge < -0.3 is 4.85 Å². The third kappa shape index (κ3) is 8.08. The van der Waals surface area contributed by atoms with Crippen molar-refractivity contribution in [1.82, 2.24) is 4.90 Å². The standard InChI is InChI=1S/C23H47N3O2P/c1-9-11-12-13-14-16-25-19-23(18-22(25)10-2)28-29(27-17-15-24-7)26(8,20(3)4)21(5)6/h20-23H,9-19H2,1-6,8H3/q+1/t22-,23+,29?/m1/s1. The average Bonchev–Trinajstić information content (AvgIpc) is 3.08. The molecule has 170 valence electrons. The van der Waals surface area contributed by atoms with Crippen LogP contribution in [0.2, 0.25) is 0 Å². The van der Waals surface area contributed by atoms with Gasteiger partial charge in [-0.15, -0.1) is 0 Å². The minimum absolute atomic E-state index is 0.240. The van der Waals surface area contributed by atoms with Crippen LogP contribution < -0.4 is 0 Å². The first-order chi connectivity index (χ1) is 13.8. The second-order valence-corrected chi connectivity index (χ2v) is 11.0. The maximum atomic E-state index is 7.08. The molecule has 1 aliphatic heterocycles. The van der Waals surface area contributed by atoms with E-state index in [9.17, 15) is 0 Å². The minimum atomic E-state index is -1.10. The lowest BCUT2D eigenvalue weighted by atomic mass is 10.1. The lowest BCUT2D eigenvalue weighted by Gasteiger charge is -2.44. The highest BCUT2D eigenvalue weighted by Gasteiger charge is 2.46. The molecule has 1 rings (SSSR count). The lowest BCUT2D eigenvalue weighted by Crippen LogP contribution is -2.51. The Hall–Kier alpha value is -0.240. The topological polar surface area (TPSA) is 26.1 Å². The summed E-state index contributed by atoms with van der Waals surface area (Å²) in [5.74, 6) is 0. The van der Waals surface area contributed by atoms with Crippen molar-refractivity contribution in [2.75, 3.05) is 33.3 Å². The van der Waals surface area contributed by atoms with Crippen LogP contribution in [-0.2, 0) is 9.05 Å². The molecule has 0 aliphatic carbocycles. The zero-order chi connectivity index (χ0) is 21.9. The molecule has 6 heteroatoms. The molecule has 5 nitrogen and oxygen atoms in total. The largest absolute Gasteiger partial charge is 0.419 e. The van der Waals surface area contributed by atoms with E-state index in [2.05, 4.69) is 58.3 Å². The number of unbranched alkanes of at least 4 members (excludes halogenated alkanes) is 4. The van der Waals surface area contributed by atoms with Crippen molar-refractivity contribution in [3.05, 3.63) is 11.4 Å². The van der Waals surface area contributed by atoms with Gasteiger partial charge in [0.25, 0.3) is 0 Å². The number of quaternary nitrogens is 1. The molecule has 29 heavy (non-hydrogen) atoms. The van der Waals surface area contributed by atoms with Gasteiger partial charge in [0.1, 0.15) is 6.61 Å². The Kier molecular flexibility index (Phi) is 12.9. The predicted molar refractivity (Wildman–Crippen MR) is 125 cm³/mol. The summed E-state index contributed by atoms with van der Waals surface area (Å²) in [5.41, 5.74) is 0. The zero-order valence-electron chi connectivity index (χ0n) is 20.2. The van der Waals surface area contributed by atoms with Gasteiger partial charge in [-0.25, -0.2) is 6.57 Å². The second kappa shape index (κ2) is 13.9. The molecule has 0 aromatic carbocycles. The lowest BCUT2D eigenvalue weighted by molar-refractivity contribution is -0.842. The van der Waals surface area contributed by atoms with Gasteiger partial charge in [-0.05, 0) is 53.5 Å². The quantitative estimate of drug-likeness (QED) is 0.175. The molecular formula is C23H47N3O2P+. The molecule has 1 aliphatic rings. The summed E-state index contributed by atoms with van der Waals surface area (Å²) in [7, 11) is 1.16. The van der Waals surface area contributed by atoms with Gasteiger partial charge >= 0.3 is 8.53 Å². The number of hydrogen-bond donors (Lipinski definition) is 0. The molecule has 3 atom stereocenters. The summed E-state index contributed by atoms with van der Waals surface area (Å²) in [6.07, 6.45) is 9.19. The fourth-order valence-electron chi connectivity index (χ4n) is 4.15. The van der Waals surface area contributed by atoms with Crippen molar-refractivity contribution < 1.29 is 13.3 Å². The number of nitrogens with zero attached hydrogens (tertiary/aromatic N) is 3. The maximum Gasteiger partial charge on any atom is 0.419 e. The van der Waals surface area contributed by atoms with E-state index < -0.39 is 8.53 Å². The van der Waals surface area contributed by atoms with Crippen molar-refractivity contribution in [2.24, 2.45) is 0 Å². The Bertz CT molecular complexity index is 473. The molecule has 0 saturated carbocycles. The van der Waals surface area contributed by atoms with Crippen molar-refractivity contribution in [3.63, 3.8) is 0 Å². The molecule has 1 saturated heterocycles. The van der Waals surface area contributed by atoms with Gasteiger partial charge in [0.15, 0.2) is 0 Å². The van der Waals surface area contributed by atoms with Crippen LogP contribution in [-0.4, -0.2) is 66.7 Å². The zero-order valence-corrected chi connectivity index (χ0v) is 21.1. The van der Waals surface area contributed by atoms with Crippen LogP contribution in [0.4, 0.5) is 0 Å². The first kappa shape index (κ1) is 26.8. The Morgan fingerprint density at radius 3 is 2.31 bits per heavy atom. The Morgan fingerprint density at radius 1 is 1.10 bits per heavy atom. The third-order valence-corrected chi connectivity index (χ3v) is 9.11. The summed E-state index contributed by atoms with van der Waals surface area (Å²) in [4.78, 5) is 6.12. The van der Waals surface area contributed by atoms with Gasteiger partial charge in [0.2, 0.25) is 6.54 Å². The van der Waals surface area contributed by atoms with E-state index in [-0.39, 0.29) is 6.10 Å². The molecule has 0 bridgehead atoms. The van der Waals surface area contributed by atoms with Crippen LogP contribution >= 0.6 is 8.53 Å². The van der Waals surface area contributed by atoms with Crippen LogP contribution in [0.25, 0.3) is 4.85 Å². The van der Waals surface area contributed by atoms with E-state index in [1.54, 1.807) is 0 Å². The van der Waals surface area contributed by atoms with E-state index in [0.29, 0.717) is 31.3 Å². The highest BCUT2D eigenvalue weighted by Crippen LogP contribution is 2.54. The second-order valence-electron chi connectivity index (χ2n) is 9.17. The highest BCUT2D eigenvalue weighted by atomic mass is 31.2. The molecule has 0 aromatic heterocycles. The molecule has 0 aromatic rings. The third-order valence-electron chi connectivity index (χ3n) is 6.60. The summed E-state index contributed by atoms with van der Waals surface area (Å²) in [6.45, 7) is 23.8. The first-order valence-corrected chi connectivity index (χ1v) is 13.0. The van der Waals surface area contributed by atoms with Gasteiger partial charge in [-0.1, -0.05) is 39.5 Å². The van der Waals surface area contributed by atoms with Gasteiger partial charge in [0, 0.05) is 12.6 Å². The Balaban J connectivity index is 2.75. The van der Waals surface area contributed by atoms with Gasteiger partial charge in [-0.3, -0.25) is 18.2 Å². The summed E-state index contributed by atoms with van der Waals surface area (Å²) in [5, 5.41) is 0. The van der Waals surface area contributed by atoms with Crippen molar-refractivity contribution in [1.29, 1.82) is 0 Å². The van der Waals surface area contributed by atoms with Crippen LogP contribution in [0.3, 0.4) is 0 Å². The molecule has 1 heterocycles. The van der Waals surface area contributed by atoms with Crippen molar-refractivity contribution in [3.8, 4) is 0 Å². The predicted octanol–water partition coefficient (Wildman–Crippen LogP) is 6.25. The summed E-state index contributed by atoms with van der Waals surface area (Å²) >= 11 is 0. The van der Waals surface area contributed by atoms with E-state index in [1.807, 2.05) is 0 Å². The molecule has 0 amide bonds. The number of rotatable bonds is 15. The molecule has 0 N–H and O–H groups in total. The fraction of sp³-hybridized carbons (Fsp3) is 0.957. The summed E-state index contributed by atoms with van der Waals surface area (Å²) in [6, 6.07) is 1.45. The Labute approximate surface area is 182 Å². The minimum Gasteiger partial charge on any atom is -0.314 e. The molecule has 1 fully saturated rings. The van der Waals surface area contributed by atoms with E-state index in [1.165, 1.54) is 45.1 Å². The van der Waals surface area contributed by atoms with E-state index in [0.717, 1.165) is 17.2 Å². The van der Waals surface area contributed by atoms with E-state index in [4.69, 9.17) is 15.6 Å². The van der Waals surface area contributed by atoms with E-state index >= 15 is 0 Å². The maximum absolute atomic E-state index is 7.08. The van der Waals surface area contributed by atoms with Crippen LogP contribution in [0.5, 0.6) is 0 Å². The molecular weight excluding hydrogens is 381 g/mol. The molecule has 0 spiro atoms. The Morgan fingerprint density at radius 2 is 1.76 bits per heavy atom. The van der Waals surface area contributed by atoms with Crippen molar-refractivity contribution in [2.45, 2.75) is 111 Å². The first-order valence-electron chi connectivity index (χ1n) is 11.8. The monoisotopic (exact) mass is 428 g/mol. The van der Waals surface area contributed by atoms with Gasteiger partial charge in [0.05, 0.1) is 25.2 Å². The fourth-order valence-corrected chi connectivity index (χ4v) is 6.07. The average molecular weight is 429 g/mol. The van der Waals surface area contributed by atoms with Gasteiger partial charge in [-0.2, -0.15) is 0 Å². The molecule has 1 unspecified atom stereocenters. The van der Waals surface area contributed by atoms with Crippen molar-refractivity contribution >= 4 is 8.53 Å².